The van der Waals surface area contributed by atoms with Crippen LogP contribution in [-0.2, 0) is 0 Å². The van der Waals surface area contributed by atoms with Crippen LogP contribution in [0.5, 0.6) is 0 Å². The van der Waals surface area contributed by atoms with Crippen molar-refractivity contribution in [3.05, 3.63) is 12.3 Å². The van der Waals surface area contributed by atoms with E-state index in [9.17, 15) is 0 Å². The van der Waals surface area contributed by atoms with Gasteiger partial charge in [0.25, 0.3) is 0 Å². The van der Waals surface area contributed by atoms with Crippen molar-refractivity contribution in [1.82, 2.24) is 0 Å². The summed E-state index contributed by atoms with van der Waals surface area (Å²) in [5.41, 5.74) is 0. The Labute approximate surface area is 57.4 Å². The number of aliphatic hydroxyl groups is 1. The predicted octanol–water partition coefficient (Wildman–Crippen LogP) is 2.88. The average molecular weight is 128 g/mol. The number of allylic oxidation sites excluding steroid dienone is 1. The summed E-state index contributed by atoms with van der Waals surface area (Å²) >= 11 is 0. The number of hydrogen-bond acceptors (Lipinski definition) is 1. The Balaban J connectivity index is 3.01. The topological polar surface area (TPSA) is 20.2 Å². The molecule has 0 fully saturated rings. The highest BCUT2D eigenvalue weighted by Gasteiger charge is 1.93. The quantitative estimate of drug-likeness (QED) is 0.577. The van der Waals surface area contributed by atoms with Crippen molar-refractivity contribution in [3.8, 4) is 0 Å². The maximum atomic E-state index is 8.67. The maximum absolute atomic E-state index is 8.67. The van der Waals surface area contributed by atoms with Crippen molar-refractivity contribution in [2.45, 2.75) is 33.1 Å². The van der Waals surface area contributed by atoms with Gasteiger partial charge in [0.2, 0.25) is 0 Å². The first-order valence-corrected chi connectivity index (χ1v) is 3.49. The fraction of sp³-hybridized carbons (Fsp3) is 0.750. The van der Waals surface area contributed by atoms with Gasteiger partial charge in [-0.15, -0.1) is 0 Å². The molecule has 0 aromatic heterocycles. The van der Waals surface area contributed by atoms with Crippen LogP contribution in [0.2, 0.25) is 0 Å². The lowest BCUT2D eigenvalue weighted by Crippen LogP contribution is -1.87. The van der Waals surface area contributed by atoms with E-state index in [0.29, 0.717) is 5.76 Å². The van der Waals surface area contributed by atoms with Crippen LogP contribution in [0.25, 0.3) is 0 Å². The van der Waals surface area contributed by atoms with Gasteiger partial charge in [0.1, 0.15) is 0 Å². The van der Waals surface area contributed by atoms with Gasteiger partial charge in [-0.1, -0.05) is 26.8 Å². The Morgan fingerprint density at radius 2 is 2.11 bits per heavy atom. The van der Waals surface area contributed by atoms with E-state index in [1.807, 2.05) is 0 Å². The summed E-state index contributed by atoms with van der Waals surface area (Å²) in [6, 6.07) is 0. The van der Waals surface area contributed by atoms with Crippen LogP contribution < -0.4 is 0 Å². The summed E-state index contributed by atoms with van der Waals surface area (Å²) in [4.78, 5) is 0. The molecule has 0 aliphatic rings. The Kier molecular flexibility index (Phi) is 4.20. The zero-order valence-electron chi connectivity index (χ0n) is 6.35. The fourth-order valence-electron chi connectivity index (χ4n) is 0.714. The van der Waals surface area contributed by atoms with Gasteiger partial charge >= 0.3 is 0 Å². The number of aliphatic hydroxyl groups excluding tert-OH is 1. The minimum atomic E-state index is 0.315. The molecule has 0 aliphatic heterocycles. The smallest absolute Gasteiger partial charge is 0.0851 e. The highest BCUT2D eigenvalue weighted by Crippen LogP contribution is 2.08. The van der Waals surface area contributed by atoms with Gasteiger partial charge in [-0.2, -0.15) is 0 Å². The first-order valence-electron chi connectivity index (χ1n) is 3.49. The third kappa shape index (κ3) is 7.54. The van der Waals surface area contributed by atoms with Gasteiger partial charge in [0, 0.05) is 6.42 Å². The van der Waals surface area contributed by atoms with Gasteiger partial charge < -0.3 is 5.11 Å². The second-order valence-corrected chi connectivity index (χ2v) is 2.85. The molecule has 0 saturated heterocycles. The molecule has 0 aromatic rings. The van der Waals surface area contributed by atoms with Gasteiger partial charge in [-0.3, -0.25) is 0 Å². The Bertz CT molecular complexity index is 84.6. The van der Waals surface area contributed by atoms with E-state index < -0.39 is 0 Å². The molecule has 1 heteroatoms. The Morgan fingerprint density at radius 3 is 2.44 bits per heavy atom. The zero-order chi connectivity index (χ0) is 7.28. The van der Waals surface area contributed by atoms with Crippen LogP contribution >= 0.6 is 0 Å². The van der Waals surface area contributed by atoms with Crippen LogP contribution in [0.1, 0.15) is 33.1 Å². The van der Waals surface area contributed by atoms with Crippen molar-refractivity contribution >= 4 is 0 Å². The maximum Gasteiger partial charge on any atom is 0.0851 e. The van der Waals surface area contributed by atoms with E-state index in [1.54, 1.807) is 0 Å². The molecule has 1 N–H and O–H groups in total. The van der Waals surface area contributed by atoms with Crippen LogP contribution in [0.4, 0.5) is 0 Å². The van der Waals surface area contributed by atoms with Crippen LogP contribution in [0, 0.1) is 5.92 Å². The molecule has 9 heavy (non-hydrogen) atoms. The molecule has 0 atom stereocenters. The molecule has 0 amide bonds. The van der Waals surface area contributed by atoms with Gasteiger partial charge in [0.05, 0.1) is 5.76 Å². The highest BCUT2D eigenvalue weighted by atomic mass is 16.3. The summed E-state index contributed by atoms with van der Waals surface area (Å²) in [5, 5.41) is 8.67. The highest BCUT2D eigenvalue weighted by molar-refractivity contribution is 4.77. The third-order valence-corrected chi connectivity index (χ3v) is 1.25. The molecule has 0 spiro atoms. The molecule has 0 unspecified atom stereocenters. The first kappa shape index (κ1) is 8.54. The lowest BCUT2D eigenvalue weighted by molar-refractivity contribution is 0.378. The van der Waals surface area contributed by atoms with Crippen LogP contribution in [-0.4, -0.2) is 5.11 Å². The van der Waals surface area contributed by atoms with Crippen LogP contribution in [0.15, 0.2) is 12.3 Å². The van der Waals surface area contributed by atoms with E-state index in [2.05, 4.69) is 20.4 Å². The van der Waals surface area contributed by atoms with E-state index in [0.717, 1.165) is 18.8 Å². The molecule has 0 radical (unpaired) electrons. The standard InChI is InChI=1S/C8H16O/c1-7(2)5-4-6-8(3)9/h7,9H,3-6H2,1-2H3. The Morgan fingerprint density at radius 1 is 1.56 bits per heavy atom. The summed E-state index contributed by atoms with van der Waals surface area (Å²) in [7, 11) is 0. The molecule has 1 nitrogen and oxygen atoms in total. The Hall–Kier alpha value is -0.460. The fourth-order valence-corrected chi connectivity index (χ4v) is 0.714. The van der Waals surface area contributed by atoms with Gasteiger partial charge in [0.15, 0.2) is 0 Å². The minimum Gasteiger partial charge on any atom is -0.513 e. The molecule has 0 aliphatic carbocycles. The molecule has 54 valence electrons. The lowest BCUT2D eigenvalue weighted by Gasteiger charge is -2.01. The third-order valence-electron chi connectivity index (χ3n) is 1.25. The van der Waals surface area contributed by atoms with Gasteiger partial charge in [-0.05, 0) is 12.3 Å². The second-order valence-electron chi connectivity index (χ2n) is 2.85. The van der Waals surface area contributed by atoms with E-state index in [4.69, 9.17) is 5.11 Å². The molecule has 0 aromatic carbocycles. The van der Waals surface area contributed by atoms with Crippen molar-refractivity contribution in [1.29, 1.82) is 0 Å². The number of hydrogen-bond donors (Lipinski definition) is 1. The molecule has 0 rings (SSSR count). The lowest BCUT2D eigenvalue weighted by atomic mass is 10.1. The molecule has 0 saturated carbocycles. The van der Waals surface area contributed by atoms with Gasteiger partial charge in [-0.25, -0.2) is 0 Å². The predicted molar refractivity (Wildman–Crippen MR) is 40.5 cm³/mol. The molecule has 0 heterocycles. The van der Waals surface area contributed by atoms with Crippen molar-refractivity contribution in [2.75, 3.05) is 0 Å². The van der Waals surface area contributed by atoms with Crippen molar-refractivity contribution < 1.29 is 5.11 Å². The summed E-state index contributed by atoms with van der Waals surface area (Å²) < 4.78 is 0. The van der Waals surface area contributed by atoms with Crippen molar-refractivity contribution in [2.24, 2.45) is 5.92 Å². The largest absolute Gasteiger partial charge is 0.513 e. The molecule has 0 bridgehead atoms. The van der Waals surface area contributed by atoms with E-state index in [-0.39, 0.29) is 0 Å². The van der Waals surface area contributed by atoms with E-state index in [1.165, 1.54) is 6.42 Å². The summed E-state index contributed by atoms with van der Waals surface area (Å²) in [6.45, 7) is 7.77. The normalized spacial score (nSPS) is 10.1. The zero-order valence-corrected chi connectivity index (χ0v) is 6.35. The van der Waals surface area contributed by atoms with Crippen molar-refractivity contribution in [3.63, 3.8) is 0 Å². The monoisotopic (exact) mass is 128 g/mol. The summed E-state index contributed by atoms with van der Waals surface area (Å²) in [5.74, 6) is 1.06. The van der Waals surface area contributed by atoms with Crippen LogP contribution in [0.3, 0.4) is 0 Å². The van der Waals surface area contributed by atoms with E-state index >= 15 is 0 Å². The second kappa shape index (κ2) is 4.42. The minimum absolute atomic E-state index is 0.315. The summed E-state index contributed by atoms with van der Waals surface area (Å²) in [6.07, 6.45) is 3.00. The molecular weight excluding hydrogens is 112 g/mol. The number of rotatable bonds is 4. The average Bonchev–Trinajstić information content (AvgIpc) is 1.63. The molecular formula is C8H16O. The SMILES string of the molecule is C=C(O)CCCC(C)C. The first-order chi connectivity index (χ1) is 4.13.